The molecule has 4 rings (SSSR count). The third kappa shape index (κ3) is 4.92. The number of rotatable bonds is 6. The van der Waals surface area contributed by atoms with E-state index in [1.165, 1.54) is 6.92 Å². The quantitative estimate of drug-likeness (QED) is 0.628. The predicted molar refractivity (Wildman–Crippen MR) is 121 cm³/mol. The molecule has 8 nitrogen and oxygen atoms in total. The summed E-state index contributed by atoms with van der Waals surface area (Å²) in [6, 6.07) is 9.70. The number of anilines is 4. The maximum absolute atomic E-state index is 11.2. The molecule has 0 unspecified atom stereocenters. The summed E-state index contributed by atoms with van der Waals surface area (Å²) in [7, 11) is 0. The summed E-state index contributed by atoms with van der Waals surface area (Å²) in [5.74, 6) is 1.59. The lowest BCUT2D eigenvalue weighted by molar-refractivity contribution is -0.114. The number of likely N-dealkylation sites (N-methyl/N-ethyl adjacent to an activating group) is 1. The second-order valence-electron chi connectivity index (χ2n) is 7.10. The molecular formula is C21H25N7OS. The Balaban J connectivity index is 1.42. The van der Waals surface area contributed by atoms with Gasteiger partial charge in [-0.15, -0.1) is 0 Å². The van der Waals surface area contributed by atoms with E-state index in [9.17, 15) is 4.79 Å². The van der Waals surface area contributed by atoms with Crippen LogP contribution in [0.1, 0.15) is 13.8 Å². The van der Waals surface area contributed by atoms with Gasteiger partial charge in [0.05, 0.1) is 4.88 Å². The van der Waals surface area contributed by atoms with Crippen LogP contribution in [0.25, 0.3) is 10.4 Å². The minimum absolute atomic E-state index is 0.0801. The van der Waals surface area contributed by atoms with Crippen LogP contribution in [0.15, 0.2) is 42.9 Å². The maximum Gasteiger partial charge on any atom is 0.221 e. The fourth-order valence-electron chi connectivity index (χ4n) is 3.38. The van der Waals surface area contributed by atoms with Crippen molar-refractivity contribution in [3.8, 4) is 10.4 Å². The van der Waals surface area contributed by atoms with Crippen molar-refractivity contribution in [2.24, 2.45) is 0 Å². The van der Waals surface area contributed by atoms with Gasteiger partial charge in [0.2, 0.25) is 5.91 Å². The number of piperazine rings is 1. The number of thiazole rings is 1. The third-order valence-corrected chi connectivity index (χ3v) is 5.99. The monoisotopic (exact) mass is 423 g/mol. The van der Waals surface area contributed by atoms with Gasteiger partial charge in [-0.05, 0) is 24.2 Å². The Morgan fingerprint density at radius 3 is 2.57 bits per heavy atom. The van der Waals surface area contributed by atoms with E-state index < -0.39 is 0 Å². The van der Waals surface area contributed by atoms with Crippen molar-refractivity contribution in [1.29, 1.82) is 0 Å². The molecule has 3 aromatic rings. The van der Waals surface area contributed by atoms with Crippen LogP contribution in [0.5, 0.6) is 0 Å². The van der Waals surface area contributed by atoms with E-state index in [1.807, 2.05) is 36.5 Å². The number of carbonyl (C=O) groups excluding carboxylic acids is 1. The first kappa shape index (κ1) is 20.2. The van der Waals surface area contributed by atoms with Gasteiger partial charge in [0.15, 0.2) is 5.13 Å². The topological polar surface area (TPSA) is 86.3 Å². The van der Waals surface area contributed by atoms with E-state index in [-0.39, 0.29) is 5.91 Å². The molecule has 1 aliphatic heterocycles. The van der Waals surface area contributed by atoms with Gasteiger partial charge in [-0.2, -0.15) is 0 Å². The van der Waals surface area contributed by atoms with Crippen LogP contribution in [0, 0.1) is 0 Å². The molecular weight excluding hydrogens is 398 g/mol. The number of benzene rings is 1. The number of nitrogens with zero attached hydrogens (tertiary/aromatic N) is 5. The molecule has 0 radical (unpaired) electrons. The fraction of sp³-hybridized carbons (Fsp3) is 0.333. The summed E-state index contributed by atoms with van der Waals surface area (Å²) in [5.41, 5.74) is 1.83. The highest BCUT2D eigenvalue weighted by Gasteiger charge is 2.17. The first-order valence-corrected chi connectivity index (χ1v) is 10.8. The number of hydrogen-bond acceptors (Lipinski definition) is 8. The normalized spacial score (nSPS) is 14.5. The van der Waals surface area contributed by atoms with Crippen molar-refractivity contribution in [1.82, 2.24) is 19.9 Å². The van der Waals surface area contributed by atoms with Crippen molar-refractivity contribution >= 4 is 39.7 Å². The van der Waals surface area contributed by atoms with Gasteiger partial charge < -0.3 is 20.4 Å². The lowest BCUT2D eigenvalue weighted by Crippen LogP contribution is -2.46. The van der Waals surface area contributed by atoms with Gasteiger partial charge in [0.25, 0.3) is 0 Å². The van der Waals surface area contributed by atoms with Crippen molar-refractivity contribution in [3.05, 3.63) is 42.9 Å². The summed E-state index contributed by atoms with van der Waals surface area (Å²) in [4.78, 5) is 30.2. The molecule has 9 heteroatoms. The van der Waals surface area contributed by atoms with Gasteiger partial charge in [-0.3, -0.25) is 4.79 Å². The standard InChI is InChI=1S/C21H25N7OS/c1-3-27-8-10-28(11-9-27)20-12-19(23-14-24-20)26-21-22-13-18(30-21)16-4-6-17(7-5-16)25-15(2)29/h4-7,12-14H,3,8-11H2,1-2H3,(H,25,29)(H,22,23,24,26). The highest BCUT2D eigenvalue weighted by molar-refractivity contribution is 7.18. The number of carbonyl (C=O) groups is 1. The molecule has 3 heterocycles. The zero-order valence-electron chi connectivity index (χ0n) is 17.1. The highest BCUT2D eigenvalue weighted by atomic mass is 32.1. The molecule has 1 saturated heterocycles. The molecule has 1 fully saturated rings. The zero-order chi connectivity index (χ0) is 20.9. The van der Waals surface area contributed by atoms with Crippen molar-refractivity contribution in [2.75, 3.05) is 48.3 Å². The minimum atomic E-state index is -0.0801. The molecule has 0 aliphatic carbocycles. The number of aromatic nitrogens is 3. The van der Waals surface area contributed by atoms with Crippen LogP contribution >= 0.6 is 11.3 Å². The molecule has 1 amide bonds. The molecule has 30 heavy (non-hydrogen) atoms. The molecule has 0 saturated carbocycles. The Bertz CT molecular complexity index is 997. The average Bonchev–Trinajstić information content (AvgIpc) is 3.22. The van der Waals surface area contributed by atoms with Crippen LogP contribution in [-0.2, 0) is 4.79 Å². The van der Waals surface area contributed by atoms with Gasteiger partial charge in [0.1, 0.15) is 18.0 Å². The molecule has 0 atom stereocenters. The van der Waals surface area contributed by atoms with Crippen molar-refractivity contribution < 1.29 is 4.79 Å². The van der Waals surface area contributed by atoms with Gasteiger partial charge >= 0.3 is 0 Å². The largest absolute Gasteiger partial charge is 0.354 e. The number of amides is 1. The lowest BCUT2D eigenvalue weighted by Gasteiger charge is -2.34. The fourth-order valence-corrected chi connectivity index (χ4v) is 4.21. The van der Waals surface area contributed by atoms with E-state index in [2.05, 4.69) is 42.3 Å². The van der Waals surface area contributed by atoms with Crippen molar-refractivity contribution in [2.45, 2.75) is 13.8 Å². The van der Waals surface area contributed by atoms with Crippen LogP contribution in [0.4, 0.5) is 22.5 Å². The molecule has 1 aromatic carbocycles. The Hall–Kier alpha value is -3.04. The molecule has 0 spiro atoms. The average molecular weight is 424 g/mol. The molecule has 2 N–H and O–H groups in total. The van der Waals surface area contributed by atoms with E-state index in [0.717, 1.165) is 65.6 Å². The van der Waals surface area contributed by atoms with Gasteiger partial charge in [-0.25, -0.2) is 15.0 Å². The van der Waals surface area contributed by atoms with E-state index >= 15 is 0 Å². The number of hydrogen-bond donors (Lipinski definition) is 2. The Kier molecular flexibility index (Phi) is 6.20. The van der Waals surface area contributed by atoms with Crippen LogP contribution in [0.2, 0.25) is 0 Å². The Morgan fingerprint density at radius 1 is 1.10 bits per heavy atom. The molecule has 0 bridgehead atoms. The first-order chi connectivity index (χ1) is 14.6. The second-order valence-corrected chi connectivity index (χ2v) is 8.13. The summed E-state index contributed by atoms with van der Waals surface area (Å²) in [5, 5.41) is 6.84. The Labute approximate surface area is 180 Å². The third-order valence-electron chi connectivity index (χ3n) is 5.03. The van der Waals surface area contributed by atoms with E-state index in [1.54, 1.807) is 17.7 Å². The SMILES string of the molecule is CCN1CCN(c2cc(Nc3ncc(-c4ccc(NC(C)=O)cc4)s3)ncn2)CC1. The highest BCUT2D eigenvalue weighted by Crippen LogP contribution is 2.31. The van der Waals surface area contributed by atoms with Crippen LogP contribution in [-0.4, -0.2) is 58.5 Å². The van der Waals surface area contributed by atoms with E-state index in [4.69, 9.17) is 0 Å². The second kappa shape index (κ2) is 9.19. The molecule has 1 aliphatic rings. The van der Waals surface area contributed by atoms with Gasteiger partial charge in [0, 0.05) is 51.1 Å². The van der Waals surface area contributed by atoms with E-state index in [0.29, 0.717) is 0 Å². The first-order valence-electron chi connectivity index (χ1n) is 10.0. The number of nitrogens with one attached hydrogen (secondary N) is 2. The summed E-state index contributed by atoms with van der Waals surface area (Å²) >= 11 is 1.56. The Morgan fingerprint density at radius 2 is 1.87 bits per heavy atom. The summed E-state index contributed by atoms with van der Waals surface area (Å²) < 4.78 is 0. The molecule has 2 aromatic heterocycles. The smallest absolute Gasteiger partial charge is 0.221 e. The summed E-state index contributed by atoms with van der Waals surface area (Å²) in [6.07, 6.45) is 3.44. The molecule has 156 valence electrons. The minimum Gasteiger partial charge on any atom is -0.354 e. The van der Waals surface area contributed by atoms with Crippen LogP contribution in [0.3, 0.4) is 0 Å². The lowest BCUT2D eigenvalue weighted by atomic mass is 10.2. The van der Waals surface area contributed by atoms with Crippen molar-refractivity contribution in [3.63, 3.8) is 0 Å². The predicted octanol–water partition coefficient (Wildman–Crippen LogP) is 3.44. The summed E-state index contributed by atoms with van der Waals surface area (Å²) in [6.45, 7) is 8.84. The van der Waals surface area contributed by atoms with Crippen LogP contribution < -0.4 is 15.5 Å². The zero-order valence-corrected chi connectivity index (χ0v) is 17.9. The maximum atomic E-state index is 11.2. The van der Waals surface area contributed by atoms with Gasteiger partial charge in [-0.1, -0.05) is 30.4 Å².